The van der Waals surface area contributed by atoms with Crippen molar-refractivity contribution in [2.75, 3.05) is 0 Å². The quantitative estimate of drug-likeness (QED) is 0.396. The summed E-state index contributed by atoms with van der Waals surface area (Å²) in [7, 11) is 0. The number of carboxylic acid groups (broad SMARTS) is 1. The zero-order chi connectivity index (χ0) is 14.2. The van der Waals surface area contributed by atoms with E-state index in [1.807, 2.05) is 0 Å². The summed E-state index contributed by atoms with van der Waals surface area (Å²) in [4.78, 5) is 32.8. The van der Waals surface area contributed by atoms with Gasteiger partial charge in [-0.15, -0.1) is 4.91 Å². The monoisotopic (exact) mass is 263 g/mol. The molecule has 7 heteroatoms. The normalized spacial score (nSPS) is 13.6. The molecule has 0 fully saturated rings. The van der Waals surface area contributed by atoms with E-state index in [1.54, 1.807) is 0 Å². The van der Waals surface area contributed by atoms with E-state index >= 15 is 0 Å². The summed E-state index contributed by atoms with van der Waals surface area (Å²) < 4.78 is 8.54. The Morgan fingerprint density at radius 2 is 2.24 bits per heavy atom. The SMILES string of the molecule is [2H]CCCCC(=O)N[C@H](C(=O)O)C(C)(C)SN=O. The minimum Gasteiger partial charge on any atom is -0.480 e. The molecule has 1 amide bonds. The van der Waals surface area contributed by atoms with Crippen LogP contribution in [0.5, 0.6) is 0 Å². The van der Waals surface area contributed by atoms with Gasteiger partial charge in [0.1, 0.15) is 6.04 Å². The van der Waals surface area contributed by atoms with Gasteiger partial charge in [-0.1, -0.05) is 13.3 Å². The lowest BCUT2D eigenvalue weighted by Gasteiger charge is -2.28. The molecule has 0 aliphatic rings. The van der Waals surface area contributed by atoms with E-state index in [-0.39, 0.29) is 13.3 Å². The Morgan fingerprint density at radius 3 is 2.71 bits per heavy atom. The maximum atomic E-state index is 11.5. The molecule has 17 heavy (non-hydrogen) atoms. The Balaban J connectivity index is 4.49. The van der Waals surface area contributed by atoms with E-state index in [2.05, 4.69) is 9.90 Å². The summed E-state index contributed by atoms with van der Waals surface area (Å²) in [6.07, 6.45) is 1.32. The molecule has 98 valence electrons. The smallest absolute Gasteiger partial charge is 0.327 e. The van der Waals surface area contributed by atoms with Gasteiger partial charge in [-0.05, 0) is 20.3 Å². The van der Waals surface area contributed by atoms with Crippen molar-refractivity contribution in [3.8, 4) is 0 Å². The van der Waals surface area contributed by atoms with Gasteiger partial charge in [-0.3, -0.25) is 4.79 Å². The summed E-state index contributed by atoms with van der Waals surface area (Å²) in [6.45, 7) is 3.30. The van der Waals surface area contributed by atoms with Gasteiger partial charge in [0.15, 0.2) is 0 Å². The number of aliphatic carboxylic acids is 1. The maximum absolute atomic E-state index is 11.5. The molecule has 0 bridgehead atoms. The number of carbonyl (C=O) groups excluding carboxylic acids is 1. The summed E-state index contributed by atoms with van der Waals surface area (Å²) >= 11 is 0.584. The van der Waals surface area contributed by atoms with Crippen molar-refractivity contribution in [2.24, 2.45) is 4.58 Å². The van der Waals surface area contributed by atoms with Gasteiger partial charge in [0.25, 0.3) is 0 Å². The van der Waals surface area contributed by atoms with Crippen LogP contribution < -0.4 is 5.32 Å². The van der Waals surface area contributed by atoms with Crippen LogP contribution in [0.2, 0.25) is 0 Å². The Hall–Kier alpha value is -1.11. The third-order valence-electron chi connectivity index (χ3n) is 2.17. The van der Waals surface area contributed by atoms with Gasteiger partial charge in [-0.25, -0.2) is 4.79 Å². The lowest BCUT2D eigenvalue weighted by Crippen LogP contribution is -2.52. The first-order valence-corrected chi connectivity index (χ1v) is 5.94. The number of rotatable bonds is 8. The predicted molar refractivity (Wildman–Crippen MR) is 66.6 cm³/mol. The van der Waals surface area contributed by atoms with E-state index in [0.29, 0.717) is 24.8 Å². The number of carbonyl (C=O) groups is 2. The molecule has 0 unspecified atom stereocenters. The molecule has 0 aliphatic heterocycles. The second-order valence-electron chi connectivity index (χ2n) is 4.07. The van der Waals surface area contributed by atoms with Crippen molar-refractivity contribution < 1.29 is 16.1 Å². The van der Waals surface area contributed by atoms with Crippen molar-refractivity contribution in [3.05, 3.63) is 4.91 Å². The first kappa shape index (κ1) is 14.0. The zero-order valence-corrected chi connectivity index (χ0v) is 10.7. The number of hydrogen-bond donors (Lipinski definition) is 2. The highest BCUT2D eigenvalue weighted by Gasteiger charge is 2.38. The fraction of sp³-hybridized carbons (Fsp3) is 0.800. The van der Waals surface area contributed by atoms with Crippen LogP contribution in [0.4, 0.5) is 0 Å². The van der Waals surface area contributed by atoms with Gasteiger partial charge in [0.2, 0.25) is 5.91 Å². The molecule has 2 N–H and O–H groups in total. The number of nitrogens with one attached hydrogen (secondary N) is 1. The molecular formula is C10H18N2O4S. The molecule has 0 rings (SSSR count). The number of unbranched alkanes of at least 4 members (excludes halogenated alkanes) is 1. The van der Waals surface area contributed by atoms with Crippen molar-refractivity contribution in [1.29, 1.82) is 0 Å². The molecule has 0 aromatic carbocycles. The van der Waals surface area contributed by atoms with Crippen LogP contribution in [0.3, 0.4) is 0 Å². The fourth-order valence-electron chi connectivity index (χ4n) is 1.20. The predicted octanol–water partition coefficient (Wildman–Crippen LogP) is 1.94. The average Bonchev–Trinajstić information content (AvgIpc) is 2.25. The molecule has 0 aliphatic carbocycles. The topological polar surface area (TPSA) is 95.8 Å². The molecule has 0 saturated heterocycles. The molecule has 0 spiro atoms. The lowest BCUT2D eigenvalue weighted by atomic mass is 10.0. The molecule has 0 aromatic heterocycles. The summed E-state index contributed by atoms with van der Waals surface area (Å²) in [6, 6.07) is -1.18. The maximum Gasteiger partial charge on any atom is 0.327 e. The van der Waals surface area contributed by atoms with Gasteiger partial charge < -0.3 is 10.4 Å². The number of amides is 1. The third-order valence-corrected chi connectivity index (χ3v) is 2.95. The van der Waals surface area contributed by atoms with Crippen LogP contribution in [-0.4, -0.2) is 27.8 Å². The molecule has 0 heterocycles. The van der Waals surface area contributed by atoms with Crippen molar-refractivity contribution in [1.82, 2.24) is 5.32 Å². The molecular weight excluding hydrogens is 244 g/mol. The second-order valence-corrected chi connectivity index (χ2v) is 5.45. The number of nitrogens with zero attached hydrogens (tertiary/aromatic N) is 1. The Kier molecular flexibility index (Phi) is 5.96. The van der Waals surface area contributed by atoms with E-state index < -0.39 is 22.7 Å². The highest BCUT2D eigenvalue weighted by molar-refractivity contribution is 7.99. The van der Waals surface area contributed by atoms with E-state index in [9.17, 15) is 14.5 Å². The second kappa shape index (κ2) is 7.26. The molecule has 0 radical (unpaired) electrons. The highest BCUT2D eigenvalue weighted by atomic mass is 32.2. The summed E-state index contributed by atoms with van der Waals surface area (Å²) in [5.74, 6) is -1.60. The minimum absolute atomic E-state index is 0.178. The van der Waals surface area contributed by atoms with Crippen LogP contribution in [0.15, 0.2) is 4.58 Å². The summed E-state index contributed by atoms with van der Waals surface area (Å²) in [5.41, 5.74) is 0. The van der Waals surface area contributed by atoms with Gasteiger partial charge in [-0.2, -0.15) is 0 Å². The van der Waals surface area contributed by atoms with E-state index in [0.717, 1.165) is 0 Å². The van der Waals surface area contributed by atoms with Crippen LogP contribution in [0.1, 0.15) is 41.4 Å². The molecule has 1 atom stereocenters. The molecule has 0 aromatic rings. The zero-order valence-electron chi connectivity index (χ0n) is 10.9. The standard InChI is InChI=1S/C10H18N2O4S/c1-4-5-6-7(13)11-8(9(14)15)10(2,3)17-12-16/h8H,4-6H2,1-3H3,(H,11,13)(H,14,15)/t8-/m1/s1/i1D. The van der Waals surface area contributed by atoms with Crippen molar-refractivity contribution >= 4 is 23.8 Å². The van der Waals surface area contributed by atoms with Gasteiger partial charge >= 0.3 is 5.97 Å². The van der Waals surface area contributed by atoms with Gasteiger partial charge in [0, 0.05) is 24.3 Å². The fourth-order valence-corrected chi connectivity index (χ4v) is 1.66. The molecule has 6 nitrogen and oxygen atoms in total. The number of carboxylic acids is 1. The summed E-state index contributed by atoms with van der Waals surface area (Å²) in [5, 5.41) is 11.4. The largest absolute Gasteiger partial charge is 0.480 e. The Labute approximate surface area is 106 Å². The van der Waals surface area contributed by atoms with Crippen LogP contribution in [-0.2, 0) is 9.59 Å². The third kappa shape index (κ3) is 5.67. The van der Waals surface area contributed by atoms with E-state index in [1.165, 1.54) is 13.8 Å². The lowest BCUT2D eigenvalue weighted by molar-refractivity contribution is -0.142. The highest BCUT2D eigenvalue weighted by Crippen LogP contribution is 2.29. The van der Waals surface area contributed by atoms with E-state index in [4.69, 9.17) is 6.48 Å². The van der Waals surface area contributed by atoms with Crippen molar-refractivity contribution in [3.63, 3.8) is 0 Å². The van der Waals surface area contributed by atoms with Crippen molar-refractivity contribution in [2.45, 2.75) is 50.8 Å². The van der Waals surface area contributed by atoms with Crippen LogP contribution in [0.25, 0.3) is 0 Å². The number of hydrogen-bond acceptors (Lipinski definition) is 5. The molecule has 0 saturated carbocycles. The minimum atomic E-state index is -1.20. The Morgan fingerprint density at radius 1 is 1.59 bits per heavy atom. The first-order chi connectivity index (χ1) is 8.35. The Bertz CT molecular complexity index is 312. The van der Waals surface area contributed by atoms with Gasteiger partial charge in [0.05, 0.1) is 4.75 Å². The van der Waals surface area contributed by atoms with Crippen LogP contribution >= 0.6 is 11.9 Å². The first-order valence-electron chi connectivity index (χ1n) is 5.88. The average molecular weight is 263 g/mol. The van der Waals surface area contributed by atoms with Crippen LogP contribution in [0, 0.1) is 4.91 Å². The number of nitroso groups, excluding NO2 is 1.